The van der Waals surface area contributed by atoms with Crippen LogP contribution in [0.15, 0.2) is 48.8 Å². The monoisotopic (exact) mass is 333 g/mol. The Morgan fingerprint density at radius 1 is 1.04 bits per heavy atom. The van der Waals surface area contributed by atoms with Crippen molar-refractivity contribution in [2.75, 3.05) is 0 Å². The standard InChI is InChI=1S/C17H23N3O2S/c1-14(2)20-23(21,22)13-17-8-4-3-7-16(17)12-19-11-15-6-5-9-18-10-15/h3-10,14,19-20H,11-13H2,1-2H3. The molecule has 2 N–H and O–H groups in total. The van der Waals surface area contributed by atoms with Crippen molar-refractivity contribution in [3.63, 3.8) is 0 Å². The number of aromatic nitrogens is 1. The molecule has 0 aliphatic heterocycles. The number of pyridine rings is 1. The van der Waals surface area contributed by atoms with Crippen LogP contribution >= 0.6 is 0 Å². The van der Waals surface area contributed by atoms with E-state index >= 15 is 0 Å². The van der Waals surface area contributed by atoms with E-state index in [2.05, 4.69) is 15.0 Å². The second-order valence-corrected chi connectivity index (χ2v) is 7.52. The largest absolute Gasteiger partial charge is 0.309 e. The van der Waals surface area contributed by atoms with Crippen LogP contribution in [0.2, 0.25) is 0 Å². The maximum absolute atomic E-state index is 12.1. The van der Waals surface area contributed by atoms with Crippen LogP contribution in [0.1, 0.15) is 30.5 Å². The normalized spacial score (nSPS) is 11.8. The van der Waals surface area contributed by atoms with Gasteiger partial charge in [-0.05, 0) is 36.6 Å². The Morgan fingerprint density at radius 2 is 1.78 bits per heavy atom. The minimum Gasteiger partial charge on any atom is -0.309 e. The van der Waals surface area contributed by atoms with Crippen molar-refractivity contribution in [2.24, 2.45) is 0 Å². The third-order valence-electron chi connectivity index (χ3n) is 3.25. The van der Waals surface area contributed by atoms with Crippen LogP contribution < -0.4 is 10.0 Å². The minimum absolute atomic E-state index is 0.00404. The molecule has 0 saturated carbocycles. The van der Waals surface area contributed by atoms with Crippen LogP contribution in [0.25, 0.3) is 0 Å². The number of hydrogen-bond acceptors (Lipinski definition) is 4. The van der Waals surface area contributed by atoms with Crippen molar-refractivity contribution < 1.29 is 8.42 Å². The molecule has 0 aliphatic rings. The van der Waals surface area contributed by atoms with Gasteiger partial charge in [-0.1, -0.05) is 30.3 Å². The molecule has 5 nitrogen and oxygen atoms in total. The van der Waals surface area contributed by atoms with Crippen LogP contribution in [0, 0.1) is 0 Å². The van der Waals surface area contributed by atoms with Gasteiger partial charge in [0, 0.05) is 31.5 Å². The van der Waals surface area contributed by atoms with Gasteiger partial charge in [0.1, 0.15) is 0 Å². The molecular weight excluding hydrogens is 310 g/mol. The molecule has 0 aliphatic carbocycles. The third kappa shape index (κ3) is 6.09. The number of benzene rings is 1. The number of rotatable bonds is 8. The average Bonchev–Trinajstić information content (AvgIpc) is 2.48. The van der Waals surface area contributed by atoms with Crippen molar-refractivity contribution in [1.29, 1.82) is 0 Å². The fraction of sp³-hybridized carbons (Fsp3) is 0.353. The van der Waals surface area contributed by atoms with Crippen molar-refractivity contribution in [2.45, 2.75) is 38.7 Å². The summed E-state index contributed by atoms with van der Waals surface area (Å²) in [6, 6.07) is 11.4. The van der Waals surface area contributed by atoms with Crippen molar-refractivity contribution in [3.8, 4) is 0 Å². The molecule has 0 fully saturated rings. The van der Waals surface area contributed by atoms with E-state index in [1.54, 1.807) is 6.20 Å². The summed E-state index contributed by atoms with van der Waals surface area (Å²) in [7, 11) is -3.32. The summed E-state index contributed by atoms with van der Waals surface area (Å²) in [6.45, 7) is 4.94. The summed E-state index contributed by atoms with van der Waals surface area (Å²) in [6.07, 6.45) is 3.56. The lowest BCUT2D eigenvalue weighted by molar-refractivity contribution is 0.568. The highest BCUT2D eigenvalue weighted by atomic mass is 32.2. The van der Waals surface area contributed by atoms with Gasteiger partial charge in [-0.25, -0.2) is 13.1 Å². The zero-order chi connectivity index (χ0) is 16.7. The summed E-state index contributed by atoms with van der Waals surface area (Å²) in [4.78, 5) is 4.08. The summed E-state index contributed by atoms with van der Waals surface area (Å²) in [5, 5.41) is 3.33. The molecule has 0 atom stereocenters. The zero-order valence-corrected chi connectivity index (χ0v) is 14.3. The predicted octanol–water partition coefficient (Wildman–Crippen LogP) is 2.20. The summed E-state index contributed by atoms with van der Waals surface area (Å²) >= 11 is 0. The highest BCUT2D eigenvalue weighted by Gasteiger charge is 2.15. The average molecular weight is 333 g/mol. The molecule has 0 radical (unpaired) electrons. The Hall–Kier alpha value is -1.76. The molecule has 124 valence electrons. The first-order valence-corrected chi connectivity index (χ1v) is 9.28. The maximum Gasteiger partial charge on any atom is 0.216 e. The van der Waals surface area contributed by atoms with Gasteiger partial charge in [0.05, 0.1) is 5.75 Å². The Bertz CT molecular complexity index is 716. The van der Waals surface area contributed by atoms with Gasteiger partial charge in [-0.3, -0.25) is 4.98 Å². The molecule has 6 heteroatoms. The fourth-order valence-electron chi connectivity index (χ4n) is 2.32. The Morgan fingerprint density at radius 3 is 2.43 bits per heavy atom. The van der Waals surface area contributed by atoms with E-state index in [9.17, 15) is 8.42 Å². The number of nitrogens with zero attached hydrogens (tertiary/aromatic N) is 1. The van der Waals surface area contributed by atoms with E-state index in [4.69, 9.17) is 0 Å². The first-order valence-electron chi connectivity index (χ1n) is 7.63. The summed E-state index contributed by atoms with van der Waals surface area (Å²) in [5.74, 6) is -0.00404. The van der Waals surface area contributed by atoms with E-state index in [0.717, 1.165) is 16.7 Å². The van der Waals surface area contributed by atoms with Crippen molar-refractivity contribution >= 4 is 10.0 Å². The van der Waals surface area contributed by atoms with Gasteiger partial charge in [0.15, 0.2) is 0 Å². The van der Waals surface area contributed by atoms with E-state index < -0.39 is 10.0 Å². The smallest absolute Gasteiger partial charge is 0.216 e. The first-order chi connectivity index (χ1) is 11.0. The molecule has 23 heavy (non-hydrogen) atoms. The molecule has 0 amide bonds. The molecule has 1 aromatic carbocycles. The SMILES string of the molecule is CC(C)NS(=O)(=O)Cc1ccccc1CNCc1cccnc1. The second kappa shape index (κ2) is 8.19. The molecule has 0 bridgehead atoms. The highest BCUT2D eigenvalue weighted by molar-refractivity contribution is 7.88. The second-order valence-electron chi connectivity index (χ2n) is 5.77. The first kappa shape index (κ1) is 17.6. The number of nitrogens with one attached hydrogen (secondary N) is 2. The highest BCUT2D eigenvalue weighted by Crippen LogP contribution is 2.12. The van der Waals surface area contributed by atoms with Gasteiger partial charge >= 0.3 is 0 Å². The van der Waals surface area contributed by atoms with Gasteiger partial charge in [-0.2, -0.15) is 0 Å². The van der Waals surface area contributed by atoms with Gasteiger partial charge in [0.2, 0.25) is 10.0 Å². The zero-order valence-electron chi connectivity index (χ0n) is 13.5. The van der Waals surface area contributed by atoms with Gasteiger partial charge < -0.3 is 5.32 Å². The van der Waals surface area contributed by atoms with Crippen molar-refractivity contribution in [1.82, 2.24) is 15.0 Å². The lowest BCUT2D eigenvalue weighted by atomic mass is 10.1. The molecule has 0 spiro atoms. The van der Waals surface area contributed by atoms with E-state index in [1.165, 1.54) is 0 Å². The molecule has 1 heterocycles. The molecule has 0 saturated heterocycles. The van der Waals surface area contributed by atoms with Crippen LogP contribution in [-0.4, -0.2) is 19.4 Å². The van der Waals surface area contributed by atoms with E-state index in [1.807, 2.05) is 56.4 Å². The lowest BCUT2D eigenvalue weighted by Crippen LogP contribution is -2.31. The Kier molecular flexibility index (Phi) is 6.27. The molecule has 2 rings (SSSR count). The van der Waals surface area contributed by atoms with Crippen LogP contribution in [0.5, 0.6) is 0 Å². The lowest BCUT2D eigenvalue weighted by Gasteiger charge is -2.13. The minimum atomic E-state index is -3.32. The number of sulfonamides is 1. The van der Waals surface area contributed by atoms with Gasteiger partial charge in [-0.15, -0.1) is 0 Å². The summed E-state index contributed by atoms with van der Waals surface area (Å²) < 4.78 is 26.9. The fourth-order valence-corrected chi connectivity index (χ4v) is 3.81. The van der Waals surface area contributed by atoms with Crippen LogP contribution in [0.4, 0.5) is 0 Å². The number of hydrogen-bond donors (Lipinski definition) is 2. The van der Waals surface area contributed by atoms with Gasteiger partial charge in [0.25, 0.3) is 0 Å². The molecule has 2 aromatic rings. The van der Waals surface area contributed by atoms with E-state index in [-0.39, 0.29) is 11.8 Å². The molecule has 1 aromatic heterocycles. The maximum atomic E-state index is 12.1. The Labute approximate surface area is 138 Å². The Balaban J connectivity index is 2.00. The molecule has 0 unspecified atom stereocenters. The summed E-state index contributed by atoms with van der Waals surface area (Å²) in [5.41, 5.74) is 2.91. The predicted molar refractivity (Wildman–Crippen MR) is 92.1 cm³/mol. The third-order valence-corrected chi connectivity index (χ3v) is 4.77. The van der Waals surface area contributed by atoms with Crippen molar-refractivity contribution in [3.05, 3.63) is 65.5 Å². The van der Waals surface area contributed by atoms with E-state index in [0.29, 0.717) is 13.1 Å². The van der Waals surface area contributed by atoms with Crippen LogP contribution in [0.3, 0.4) is 0 Å². The quantitative estimate of drug-likeness (QED) is 0.777. The topological polar surface area (TPSA) is 71.1 Å². The van der Waals surface area contributed by atoms with Crippen LogP contribution in [-0.2, 0) is 28.9 Å². The molecular formula is C17H23N3O2S.